The molecule has 0 aliphatic carbocycles. The van der Waals surface area contributed by atoms with Gasteiger partial charge in [0, 0.05) is 22.7 Å². The maximum absolute atomic E-state index is 6.46. The van der Waals surface area contributed by atoms with Crippen molar-refractivity contribution in [2.24, 2.45) is 0 Å². The highest BCUT2D eigenvalue weighted by atomic mass is 16.3. The Bertz CT molecular complexity index is 1820. The van der Waals surface area contributed by atoms with Gasteiger partial charge in [-0.15, -0.1) is 0 Å². The number of benzene rings is 4. The third-order valence-corrected chi connectivity index (χ3v) is 7.38. The molecule has 0 aliphatic heterocycles. The molecule has 2 aromatic heterocycles. The second kappa shape index (κ2) is 9.71. The van der Waals surface area contributed by atoms with E-state index in [9.17, 15) is 0 Å². The van der Waals surface area contributed by atoms with Crippen molar-refractivity contribution < 1.29 is 4.42 Å². The summed E-state index contributed by atoms with van der Waals surface area (Å²) in [7, 11) is 0. The van der Waals surface area contributed by atoms with E-state index in [0.717, 1.165) is 44.7 Å². The molecule has 2 heteroatoms. The molecule has 39 heavy (non-hydrogen) atoms. The average molecular weight is 508 g/mol. The number of hydrogen-bond acceptors (Lipinski definition) is 2. The van der Waals surface area contributed by atoms with Crippen LogP contribution in [0.4, 0.5) is 0 Å². The van der Waals surface area contributed by atoms with Crippen LogP contribution < -0.4 is 0 Å². The Hall–Kier alpha value is -4.43. The molecule has 0 saturated carbocycles. The monoisotopic (exact) mass is 507 g/mol. The molecule has 0 radical (unpaired) electrons. The first-order chi connectivity index (χ1) is 18.7. The maximum atomic E-state index is 6.46. The molecule has 0 unspecified atom stereocenters. The standard InChI is InChI=1S/C37H33NO/c1-24-9-6-13-29(17-24)35-22-30-21-32(26-10-7-12-28(19-26)34-18-25(2)15-16-38-34)33(23-36(30)39-35)27-11-8-14-31(20-27)37(3,4)5/h6-23H,1-5H3. The normalized spacial score (nSPS) is 11.7. The van der Waals surface area contributed by atoms with Crippen LogP contribution in [0, 0.1) is 13.8 Å². The van der Waals surface area contributed by atoms with Crippen LogP contribution in [0.2, 0.25) is 0 Å². The van der Waals surface area contributed by atoms with Gasteiger partial charge in [0.25, 0.3) is 0 Å². The minimum atomic E-state index is 0.0556. The van der Waals surface area contributed by atoms with Gasteiger partial charge in [-0.05, 0) is 95.1 Å². The maximum Gasteiger partial charge on any atom is 0.135 e. The van der Waals surface area contributed by atoms with Gasteiger partial charge in [0.2, 0.25) is 0 Å². The highest BCUT2D eigenvalue weighted by molar-refractivity contribution is 5.96. The largest absolute Gasteiger partial charge is 0.456 e. The molecule has 2 heterocycles. The fraction of sp³-hybridized carbons (Fsp3) is 0.162. The number of nitrogens with zero attached hydrogens (tertiary/aromatic N) is 1. The molecule has 192 valence electrons. The first kappa shape index (κ1) is 24.9. The molecule has 6 aromatic rings. The zero-order chi connectivity index (χ0) is 27.1. The Balaban J connectivity index is 1.57. The molecule has 0 amide bonds. The molecule has 0 spiro atoms. The molecule has 0 N–H and O–H groups in total. The van der Waals surface area contributed by atoms with Crippen LogP contribution in [-0.2, 0) is 5.41 Å². The van der Waals surface area contributed by atoms with Gasteiger partial charge < -0.3 is 4.42 Å². The summed E-state index contributed by atoms with van der Waals surface area (Å²) >= 11 is 0. The molecule has 0 bridgehead atoms. The lowest BCUT2D eigenvalue weighted by molar-refractivity contribution is 0.590. The van der Waals surface area contributed by atoms with Crippen molar-refractivity contribution in [1.29, 1.82) is 0 Å². The summed E-state index contributed by atoms with van der Waals surface area (Å²) in [5.74, 6) is 0.887. The third-order valence-electron chi connectivity index (χ3n) is 7.38. The molecule has 2 nitrogen and oxygen atoms in total. The minimum Gasteiger partial charge on any atom is -0.456 e. The van der Waals surface area contributed by atoms with Gasteiger partial charge >= 0.3 is 0 Å². The first-order valence-corrected chi connectivity index (χ1v) is 13.5. The van der Waals surface area contributed by atoms with Crippen molar-refractivity contribution in [3.05, 3.63) is 126 Å². The van der Waals surface area contributed by atoms with E-state index in [1.165, 1.54) is 27.8 Å². The fourth-order valence-electron chi connectivity index (χ4n) is 5.20. The van der Waals surface area contributed by atoms with E-state index in [1.54, 1.807) is 0 Å². The van der Waals surface area contributed by atoms with Crippen molar-refractivity contribution in [3.8, 4) is 44.8 Å². The summed E-state index contributed by atoms with van der Waals surface area (Å²) in [5.41, 5.74) is 12.6. The Morgan fingerprint density at radius 1 is 0.590 bits per heavy atom. The van der Waals surface area contributed by atoms with Crippen molar-refractivity contribution in [1.82, 2.24) is 4.98 Å². The molecule has 4 aromatic carbocycles. The molecule has 0 atom stereocenters. The Morgan fingerprint density at radius 3 is 2.03 bits per heavy atom. The summed E-state index contributed by atoms with van der Waals surface area (Å²) in [6.07, 6.45) is 1.88. The summed E-state index contributed by atoms with van der Waals surface area (Å²) < 4.78 is 6.46. The lowest BCUT2D eigenvalue weighted by atomic mass is 9.84. The molecule has 6 rings (SSSR count). The molecule has 0 aliphatic rings. The van der Waals surface area contributed by atoms with Crippen LogP contribution in [0.3, 0.4) is 0 Å². The zero-order valence-electron chi connectivity index (χ0n) is 23.2. The van der Waals surface area contributed by atoms with Gasteiger partial charge in [-0.2, -0.15) is 0 Å². The smallest absolute Gasteiger partial charge is 0.135 e. The van der Waals surface area contributed by atoms with Crippen LogP contribution in [0.5, 0.6) is 0 Å². The van der Waals surface area contributed by atoms with Gasteiger partial charge in [-0.1, -0.05) is 87.0 Å². The van der Waals surface area contributed by atoms with E-state index in [2.05, 4.69) is 137 Å². The number of hydrogen-bond donors (Lipinski definition) is 0. The highest BCUT2D eigenvalue weighted by Crippen LogP contribution is 2.40. The van der Waals surface area contributed by atoms with Gasteiger partial charge in [0.15, 0.2) is 0 Å². The predicted molar refractivity (Wildman–Crippen MR) is 164 cm³/mol. The average Bonchev–Trinajstić information content (AvgIpc) is 3.35. The van der Waals surface area contributed by atoms with E-state index >= 15 is 0 Å². The number of aromatic nitrogens is 1. The number of aryl methyl sites for hydroxylation is 2. The third kappa shape index (κ3) is 5.03. The van der Waals surface area contributed by atoms with Crippen LogP contribution in [0.25, 0.3) is 55.8 Å². The quantitative estimate of drug-likeness (QED) is 0.237. The lowest BCUT2D eigenvalue weighted by Gasteiger charge is -2.20. The van der Waals surface area contributed by atoms with Crippen LogP contribution in [0.15, 0.2) is 114 Å². The van der Waals surface area contributed by atoms with Crippen molar-refractivity contribution in [2.75, 3.05) is 0 Å². The highest BCUT2D eigenvalue weighted by Gasteiger charge is 2.18. The Morgan fingerprint density at radius 2 is 1.26 bits per heavy atom. The minimum absolute atomic E-state index is 0.0556. The Kier molecular flexibility index (Phi) is 6.19. The van der Waals surface area contributed by atoms with Crippen molar-refractivity contribution in [2.45, 2.75) is 40.0 Å². The van der Waals surface area contributed by atoms with E-state index in [4.69, 9.17) is 4.42 Å². The van der Waals surface area contributed by atoms with Crippen LogP contribution in [0.1, 0.15) is 37.5 Å². The van der Waals surface area contributed by atoms with Crippen LogP contribution in [-0.4, -0.2) is 4.98 Å². The number of furan rings is 1. The number of rotatable bonds is 4. The van der Waals surface area contributed by atoms with Gasteiger partial charge in [0.1, 0.15) is 11.3 Å². The summed E-state index contributed by atoms with van der Waals surface area (Å²) in [6, 6.07) is 36.9. The first-order valence-electron chi connectivity index (χ1n) is 13.5. The van der Waals surface area contributed by atoms with Gasteiger partial charge in [0.05, 0.1) is 5.69 Å². The lowest BCUT2D eigenvalue weighted by Crippen LogP contribution is -2.10. The Labute approximate surface area is 231 Å². The topological polar surface area (TPSA) is 26.0 Å². The number of fused-ring (bicyclic) bond motifs is 1. The summed E-state index contributed by atoms with van der Waals surface area (Å²) in [5, 5.41) is 1.09. The van der Waals surface area contributed by atoms with E-state index in [-0.39, 0.29) is 5.41 Å². The van der Waals surface area contributed by atoms with E-state index in [0.29, 0.717) is 0 Å². The predicted octanol–water partition coefficient (Wildman–Crippen LogP) is 10.4. The fourth-order valence-corrected chi connectivity index (χ4v) is 5.20. The van der Waals surface area contributed by atoms with E-state index < -0.39 is 0 Å². The van der Waals surface area contributed by atoms with E-state index in [1.807, 2.05) is 12.3 Å². The van der Waals surface area contributed by atoms with Crippen LogP contribution >= 0.6 is 0 Å². The van der Waals surface area contributed by atoms with Gasteiger partial charge in [-0.25, -0.2) is 0 Å². The molecular weight excluding hydrogens is 474 g/mol. The second-order valence-corrected chi connectivity index (χ2v) is 11.5. The zero-order valence-corrected chi connectivity index (χ0v) is 23.2. The SMILES string of the molecule is Cc1cccc(-c2cc3cc(-c4cccc(-c5cc(C)ccn5)c4)c(-c4cccc(C(C)(C)C)c4)cc3o2)c1. The number of pyridine rings is 1. The van der Waals surface area contributed by atoms with Gasteiger partial charge in [-0.3, -0.25) is 4.98 Å². The molecule has 0 saturated heterocycles. The van der Waals surface area contributed by atoms with Crippen molar-refractivity contribution in [3.63, 3.8) is 0 Å². The molecular formula is C37H33NO. The summed E-state index contributed by atoms with van der Waals surface area (Å²) in [6.45, 7) is 11.0. The second-order valence-electron chi connectivity index (χ2n) is 11.5. The van der Waals surface area contributed by atoms with Crippen molar-refractivity contribution >= 4 is 11.0 Å². The summed E-state index contributed by atoms with van der Waals surface area (Å²) in [4.78, 5) is 4.64. The molecule has 0 fully saturated rings.